The molecule has 1 aromatic carbocycles. The maximum absolute atomic E-state index is 12.3. The van der Waals surface area contributed by atoms with Gasteiger partial charge in [-0.25, -0.2) is 14.4 Å². The normalized spacial score (nSPS) is 16.2. The summed E-state index contributed by atoms with van der Waals surface area (Å²) in [5.74, 6) is -0.212. The van der Waals surface area contributed by atoms with Crippen LogP contribution in [-0.2, 0) is 19.1 Å². The van der Waals surface area contributed by atoms with Crippen LogP contribution >= 0.6 is 0 Å². The summed E-state index contributed by atoms with van der Waals surface area (Å²) < 4.78 is 15.7. The Balaban J connectivity index is 1.98. The highest BCUT2D eigenvalue weighted by atomic mass is 16.6. The van der Waals surface area contributed by atoms with Crippen molar-refractivity contribution in [2.45, 2.75) is 46.1 Å². The molecule has 0 aromatic heterocycles. The molecule has 0 spiro atoms. The first kappa shape index (κ1) is 22.3. The molecule has 1 aromatic rings. The Morgan fingerprint density at radius 1 is 1.10 bits per heavy atom. The number of rotatable bonds is 9. The van der Waals surface area contributed by atoms with Gasteiger partial charge in [0.1, 0.15) is 12.4 Å². The van der Waals surface area contributed by atoms with E-state index in [1.54, 1.807) is 19.1 Å². The van der Waals surface area contributed by atoms with Crippen LogP contribution in [0.2, 0.25) is 0 Å². The van der Waals surface area contributed by atoms with Crippen LogP contribution in [0.5, 0.6) is 5.75 Å². The van der Waals surface area contributed by atoms with E-state index in [2.05, 4.69) is 24.5 Å². The molecule has 0 fully saturated rings. The summed E-state index contributed by atoms with van der Waals surface area (Å²) in [4.78, 5) is 36.2. The minimum absolute atomic E-state index is 0.198. The van der Waals surface area contributed by atoms with E-state index in [0.717, 1.165) is 0 Å². The molecule has 0 saturated carbocycles. The van der Waals surface area contributed by atoms with Crippen molar-refractivity contribution in [2.75, 3.05) is 19.8 Å². The molecular formula is C21H28N2O6. The summed E-state index contributed by atoms with van der Waals surface area (Å²) in [5, 5.41) is 5.18. The highest BCUT2D eigenvalue weighted by Gasteiger charge is 2.32. The third kappa shape index (κ3) is 6.23. The number of hydrogen-bond donors (Lipinski definition) is 2. The Morgan fingerprint density at radius 3 is 2.38 bits per heavy atom. The van der Waals surface area contributed by atoms with Crippen LogP contribution in [0.4, 0.5) is 4.79 Å². The first-order chi connectivity index (χ1) is 13.8. The zero-order valence-corrected chi connectivity index (χ0v) is 17.2. The Hall–Kier alpha value is -3.03. The lowest BCUT2D eigenvalue weighted by atomic mass is 10.0. The maximum atomic E-state index is 12.3. The van der Waals surface area contributed by atoms with Crippen molar-refractivity contribution in [1.29, 1.82) is 0 Å². The molecule has 1 aliphatic rings. The molecule has 0 aliphatic carbocycles. The van der Waals surface area contributed by atoms with Gasteiger partial charge in [-0.2, -0.15) is 0 Å². The second kappa shape index (κ2) is 10.5. The average molecular weight is 404 g/mol. The molecule has 1 heterocycles. The molecule has 8 nitrogen and oxygen atoms in total. The molecule has 2 N–H and O–H groups in total. The van der Waals surface area contributed by atoms with Crippen molar-refractivity contribution in [3.63, 3.8) is 0 Å². The first-order valence-electron chi connectivity index (χ1n) is 9.71. The molecule has 0 unspecified atom stereocenters. The standard InChI is InChI=1S/C21H28N2O6/c1-5-16-19(20(25)27-6-2)17(23-21(26)22-16)11-29-18(24)12-28-15-9-7-14(8-10-15)13(3)4/h7-10,13,16H,5-6,11-12H2,1-4H3,(H2,22,23,26)/t16-/m1/s1. The van der Waals surface area contributed by atoms with Gasteiger partial charge in [-0.1, -0.05) is 32.9 Å². The highest BCUT2D eigenvalue weighted by molar-refractivity contribution is 5.94. The second-order valence-electron chi connectivity index (χ2n) is 6.85. The van der Waals surface area contributed by atoms with E-state index in [0.29, 0.717) is 18.1 Å². The molecule has 0 saturated heterocycles. The number of esters is 2. The van der Waals surface area contributed by atoms with E-state index in [9.17, 15) is 14.4 Å². The van der Waals surface area contributed by atoms with Crippen molar-refractivity contribution in [1.82, 2.24) is 10.6 Å². The van der Waals surface area contributed by atoms with Crippen molar-refractivity contribution in [3.05, 3.63) is 41.1 Å². The van der Waals surface area contributed by atoms with Gasteiger partial charge in [-0.05, 0) is 37.0 Å². The molecule has 0 bridgehead atoms. The second-order valence-corrected chi connectivity index (χ2v) is 6.85. The molecule has 158 valence electrons. The fourth-order valence-electron chi connectivity index (χ4n) is 2.86. The summed E-state index contributed by atoms with van der Waals surface area (Å²) >= 11 is 0. The molecule has 2 amide bonds. The number of ether oxygens (including phenoxy) is 3. The van der Waals surface area contributed by atoms with E-state index in [4.69, 9.17) is 14.2 Å². The predicted octanol–water partition coefficient (Wildman–Crippen LogP) is 2.64. The maximum Gasteiger partial charge on any atom is 0.344 e. The molecule has 2 rings (SSSR count). The van der Waals surface area contributed by atoms with Gasteiger partial charge in [0, 0.05) is 0 Å². The summed E-state index contributed by atoms with van der Waals surface area (Å²) in [5.41, 5.74) is 1.64. The van der Waals surface area contributed by atoms with Gasteiger partial charge in [-0.15, -0.1) is 0 Å². The fourth-order valence-corrected chi connectivity index (χ4v) is 2.86. The third-order valence-corrected chi connectivity index (χ3v) is 4.43. The van der Waals surface area contributed by atoms with Gasteiger partial charge in [0.25, 0.3) is 0 Å². The van der Waals surface area contributed by atoms with E-state index in [1.165, 1.54) is 5.56 Å². The van der Waals surface area contributed by atoms with Crippen LogP contribution in [0, 0.1) is 0 Å². The van der Waals surface area contributed by atoms with E-state index < -0.39 is 24.0 Å². The number of urea groups is 1. The van der Waals surface area contributed by atoms with Crippen molar-refractivity contribution in [3.8, 4) is 5.75 Å². The summed E-state index contributed by atoms with van der Waals surface area (Å²) in [6.07, 6.45) is 0.495. The van der Waals surface area contributed by atoms with E-state index >= 15 is 0 Å². The number of hydrogen-bond acceptors (Lipinski definition) is 6. The van der Waals surface area contributed by atoms with Gasteiger partial charge >= 0.3 is 18.0 Å². The average Bonchev–Trinajstić information content (AvgIpc) is 2.70. The molecule has 1 aliphatic heterocycles. The van der Waals surface area contributed by atoms with Crippen LogP contribution in [0.3, 0.4) is 0 Å². The Kier molecular flexibility index (Phi) is 8.06. The fraction of sp³-hybridized carbons (Fsp3) is 0.476. The van der Waals surface area contributed by atoms with Gasteiger partial charge in [0.15, 0.2) is 6.61 Å². The molecular weight excluding hydrogens is 376 g/mol. The number of benzene rings is 1. The quantitative estimate of drug-likeness (QED) is 0.614. The number of amides is 2. The summed E-state index contributed by atoms with van der Waals surface area (Å²) in [6.45, 7) is 7.36. The SMILES string of the molecule is CCOC(=O)C1=C(COC(=O)COc2ccc(C(C)C)cc2)NC(=O)N[C@@H]1CC. The minimum Gasteiger partial charge on any atom is -0.482 e. The Morgan fingerprint density at radius 2 is 1.79 bits per heavy atom. The monoisotopic (exact) mass is 404 g/mol. The van der Waals surface area contributed by atoms with E-state index in [1.807, 2.05) is 19.1 Å². The van der Waals surface area contributed by atoms with Crippen LogP contribution in [0.25, 0.3) is 0 Å². The van der Waals surface area contributed by atoms with E-state index in [-0.39, 0.29) is 31.1 Å². The molecule has 8 heteroatoms. The number of carbonyl (C=O) groups excluding carboxylic acids is 3. The van der Waals surface area contributed by atoms with Crippen LogP contribution in [0.1, 0.15) is 45.6 Å². The smallest absolute Gasteiger partial charge is 0.344 e. The lowest BCUT2D eigenvalue weighted by molar-refractivity contribution is -0.145. The Bertz CT molecular complexity index is 770. The molecule has 0 radical (unpaired) electrons. The number of nitrogens with one attached hydrogen (secondary N) is 2. The van der Waals surface area contributed by atoms with Crippen molar-refractivity contribution in [2.24, 2.45) is 0 Å². The predicted molar refractivity (Wildman–Crippen MR) is 106 cm³/mol. The molecule has 29 heavy (non-hydrogen) atoms. The van der Waals surface area contributed by atoms with Crippen molar-refractivity contribution >= 4 is 18.0 Å². The zero-order chi connectivity index (χ0) is 21.4. The highest BCUT2D eigenvalue weighted by Crippen LogP contribution is 2.19. The van der Waals surface area contributed by atoms with Crippen LogP contribution in [0.15, 0.2) is 35.5 Å². The topological polar surface area (TPSA) is 103 Å². The first-order valence-corrected chi connectivity index (χ1v) is 9.71. The number of carbonyl (C=O) groups is 3. The lowest BCUT2D eigenvalue weighted by Crippen LogP contribution is -2.51. The van der Waals surface area contributed by atoms with Gasteiger partial charge in [0.05, 0.1) is 23.9 Å². The summed E-state index contributed by atoms with van der Waals surface area (Å²) in [6, 6.07) is 6.50. The Labute approximate surface area is 170 Å². The summed E-state index contributed by atoms with van der Waals surface area (Å²) in [7, 11) is 0. The lowest BCUT2D eigenvalue weighted by Gasteiger charge is -2.28. The largest absolute Gasteiger partial charge is 0.482 e. The molecule has 1 atom stereocenters. The van der Waals surface area contributed by atoms with Crippen molar-refractivity contribution < 1.29 is 28.6 Å². The van der Waals surface area contributed by atoms with Gasteiger partial charge in [-0.3, -0.25) is 0 Å². The van der Waals surface area contributed by atoms with Crippen LogP contribution in [-0.4, -0.2) is 43.8 Å². The van der Waals surface area contributed by atoms with Crippen LogP contribution < -0.4 is 15.4 Å². The van der Waals surface area contributed by atoms with Gasteiger partial charge in [0.2, 0.25) is 0 Å². The minimum atomic E-state index is -0.616. The third-order valence-electron chi connectivity index (χ3n) is 4.43. The zero-order valence-electron chi connectivity index (χ0n) is 17.2. The van der Waals surface area contributed by atoms with Gasteiger partial charge < -0.3 is 24.8 Å².